The fourth-order valence-electron chi connectivity index (χ4n) is 2.46. The summed E-state index contributed by atoms with van der Waals surface area (Å²) in [5, 5.41) is 10.7. The standard InChI is InChI=1S/C14H20O/c1-4-14(15,12-7-8-12)13-9-10(2)5-6-11(13)3/h5-6,9,12,15H,4,7-8H2,1-3H3. The molecule has 0 spiro atoms. The average Bonchev–Trinajstić information content (AvgIpc) is 3.04. The molecule has 1 aliphatic rings. The quantitative estimate of drug-likeness (QED) is 0.801. The van der Waals surface area contributed by atoms with Gasteiger partial charge in [0.1, 0.15) is 0 Å². The zero-order chi connectivity index (χ0) is 11.1. The van der Waals surface area contributed by atoms with Crippen LogP contribution in [0.15, 0.2) is 18.2 Å². The molecule has 1 atom stereocenters. The summed E-state index contributed by atoms with van der Waals surface area (Å²) < 4.78 is 0. The van der Waals surface area contributed by atoms with Crippen molar-refractivity contribution in [3.8, 4) is 0 Å². The third kappa shape index (κ3) is 1.81. The van der Waals surface area contributed by atoms with E-state index in [-0.39, 0.29) is 0 Å². The molecule has 1 aromatic rings. The largest absolute Gasteiger partial charge is 0.385 e. The van der Waals surface area contributed by atoms with Crippen molar-refractivity contribution in [3.63, 3.8) is 0 Å². The molecule has 1 fully saturated rings. The Kier molecular flexibility index (Phi) is 2.59. The van der Waals surface area contributed by atoms with Crippen LogP contribution in [0, 0.1) is 19.8 Å². The Hall–Kier alpha value is -0.820. The van der Waals surface area contributed by atoms with Crippen molar-refractivity contribution in [2.75, 3.05) is 0 Å². The third-order valence-corrected chi connectivity index (χ3v) is 3.65. The molecule has 1 unspecified atom stereocenters. The molecule has 82 valence electrons. The predicted octanol–water partition coefficient (Wildman–Crippen LogP) is 3.31. The van der Waals surface area contributed by atoms with Crippen LogP contribution in [0.25, 0.3) is 0 Å². The Balaban J connectivity index is 2.45. The van der Waals surface area contributed by atoms with Crippen molar-refractivity contribution in [2.45, 2.75) is 45.6 Å². The fraction of sp³-hybridized carbons (Fsp3) is 0.571. The SMILES string of the molecule is CCC(O)(c1cc(C)ccc1C)C1CC1. The number of hydrogen-bond acceptors (Lipinski definition) is 1. The summed E-state index contributed by atoms with van der Waals surface area (Å²) in [6.07, 6.45) is 3.18. The minimum Gasteiger partial charge on any atom is -0.385 e. The smallest absolute Gasteiger partial charge is 0.0924 e. The second-order valence-electron chi connectivity index (χ2n) is 4.87. The second-order valence-corrected chi connectivity index (χ2v) is 4.87. The van der Waals surface area contributed by atoms with Gasteiger partial charge in [-0.15, -0.1) is 0 Å². The summed E-state index contributed by atoms with van der Waals surface area (Å²) in [6.45, 7) is 6.27. The van der Waals surface area contributed by atoms with E-state index >= 15 is 0 Å². The van der Waals surface area contributed by atoms with Crippen LogP contribution in [0.5, 0.6) is 0 Å². The van der Waals surface area contributed by atoms with E-state index in [4.69, 9.17) is 0 Å². The minimum atomic E-state index is -0.573. The summed E-state index contributed by atoms with van der Waals surface area (Å²) in [5.74, 6) is 0.489. The monoisotopic (exact) mass is 204 g/mol. The molecule has 0 saturated heterocycles. The van der Waals surface area contributed by atoms with Gasteiger partial charge in [0.2, 0.25) is 0 Å². The molecule has 0 aliphatic heterocycles. The van der Waals surface area contributed by atoms with Gasteiger partial charge in [0.25, 0.3) is 0 Å². The first kappa shape index (κ1) is 10.7. The Morgan fingerprint density at radius 3 is 2.53 bits per heavy atom. The van der Waals surface area contributed by atoms with Crippen LogP contribution < -0.4 is 0 Å². The first-order valence-corrected chi connectivity index (χ1v) is 5.88. The Morgan fingerprint density at radius 1 is 1.33 bits per heavy atom. The zero-order valence-electron chi connectivity index (χ0n) is 9.88. The van der Waals surface area contributed by atoms with Crippen LogP contribution in [-0.2, 0) is 5.60 Å². The van der Waals surface area contributed by atoms with Gasteiger partial charge in [-0.1, -0.05) is 30.7 Å². The number of rotatable bonds is 3. The van der Waals surface area contributed by atoms with Crippen LogP contribution in [0.1, 0.15) is 42.9 Å². The Bertz CT molecular complexity index is 366. The van der Waals surface area contributed by atoms with Gasteiger partial charge in [-0.25, -0.2) is 0 Å². The normalized spacial score (nSPS) is 20.0. The lowest BCUT2D eigenvalue weighted by Crippen LogP contribution is -2.28. The van der Waals surface area contributed by atoms with Crippen molar-refractivity contribution in [2.24, 2.45) is 5.92 Å². The number of aryl methyl sites for hydroxylation is 2. The molecule has 0 bridgehead atoms. The second kappa shape index (κ2) is 3.64. The van der Waals surface area contributed by atoms with Gasteiger partial charge in [-0.3, -0.25) is 0 Å². The van der Waals surface area contributed by atoms with E-state index in [0.717, 1.165) is 12.0 Å². The lowest BCUT2D eigenvalue weighted by Gasteiger charge is -2.29. The molecule has 15 heavy (non-hydrogen) atoms. The van der Waals surface area contributed by atoms with Gasteiger partial charge >= 0.3 is 0 Å². The van der Waals surface area contributed by atoms with Crippen molar-refractivity contribution in [3.05, 3.63) is 34.9 Å². The molecule has 1 aromatic carbocycles. The van der Waals surface area contributed by atoms with Crippen molar-refractivity contribution >= 4 is 0 Å². The molecule has 1 N–H and O–H groups in total. The predicted molar refractivity (Wildman–Crippen MR) is 62.8 cm³/mol. The molecule has 0 radical (unpaired) electrons. The van der Waals surface area contributed by atoms with Crippen molar-refractivity contribution in [1.29, 1.82) is 0 Å². The molecule has 2 rings (SSSR count). The molecule has 0 aromatic heterocycles. The molecule has 1 saturated carbocycles. The lowest BCUT2D eigenvalue weighted by atomic mass is 9.83. The first-order chi connectivity index (χ1) is 7.08. The van der Waals surface area contributed by atoms with Gasteiger partial charge < -0.3 is 5.11 Å². The van der Waals surface area contributed by atoms with Gasteiger partial charge in [0, 0.05) is 0 Å². The summed E-state index contributed by atoms with van der Waals surface area (Å²) in [4.78, 5) is 0. The first-order valence-electron chi connectivity index (χ1n) is 5.88. The van der Waals surface area contributed by atoms with Gasteiger partial charge in [0.05, 0.1) is 5.60 Å². The van der Waals surface area contributed by atoms with Crippen LogP contribution in [-0.4, -0.2) is 5.11 Å². The average molecular weight is 204 g/mol. The molecule has 0 heterocycles. The highest BCUT2D eigenvalue weighted by molar-refractivity contribution is 5.36. The third-order valence-electron chi connectivity index (χ3n) is 3.65. The number of benzene rings is 1. The number of hydrogen-bond donors (Lipinski definition) is 1. The highest BCUT2D eigenvalue weighted by Gasteiger charge is 2.44. The van der Waals surface area contributed by atoms with Gasteiger partial charge in [-0.2, -0.15) is 0 Å². The maximum Gasteiger partial charge on any atom is 0.0924 e. The van der Waals surface area contributed by atoms with E-state index in [1.807, 2.05) is 0 Å². The maximum atomic E-state index is 10.7. The zero-order valence-corrected chi connectivity index (χ0v) is 9.88. The maximum absolute atomic E-state index is 10.7. The van der Waals surface area contributed by atoms with Crippen molar-refractivity contribution < 1.29 is 5.11 Å². The number of aliphatic hydroxyl groups is 1. The Labute approximate surface area is 92.1 Å². The summed E-state index contributed by atoms with van der Waals surface area (Å²) in [6, 6.07) is 6.38. The van der Waals surface area contributed by atoms with Gasteiger partial charge in [-0.05, 0) is 50.2 Å². The van der Waals surface area contributed by atoms with E-state index in [9.17, 15) is 5.11 Å². The molecular weight excluding hydrogens is 184 g/mol. The summed E-state index contributed by atoms with van der Waals surface area (Å²) in [7, 11) is 0. The van der Waals surface area contributed by atoms with E-state index in [1.54, 1.807) is 0 Å². The van der Waals surface area contributed by atoms with E-state index in [1.165, 1.54) is 24.0 Å². The van der Waals surface area contributed by atoms with Crippen LogP contribution in [0.3, 0.4) is 0 Å². The van der Waals surface area contributed by atoms with Crippen molar-refractivity contribution in [1.82, 2.24) is 0 Å². The highest BCUT2D eigenvalue weighted by Crippen LogP contribution is 2.48. The molecule has 0 amide bonds. The molecular formula is C14H20O. The van der Waals surface area contributed by atoms with Crippen LogP contribution in [0.2, 0.25) is 0 Å². The summed E-state index contributed by atoms with van der Waals surface area (Å²) >= 11 is 0. The van der Waals surface area contributed by atoms with Crippen LogP contribution in [0.4, 0.5) is 0 Å². The fourth-order valence-corrected chi connectivity index (χ4v) is 2.46. The highest BCUT2D eigenvalue weighted by atomic mass is 16.3. The topological polar surface area (TPSA) is 20.2 Å². The molecule has 1 heteroatoms. The molecule has 1 aliphatic carbocycles. The van der Waals surface area contributed by atoms with E-state index < -0.39 is 5.60 Å². The lowest BCUT2D eigenvalue weighted by molar-refractivity contribution is 0.00826. The van der Waals surface area contributed by atoms with E-state index in [2.05, 4.69) is 39.0 Å². The summed E-state index contributed by atoms with van der Waals surface area (Å²) in [5.41, 5.74) is 3.03. The minimum absolute atomic E-state index is 0.489. The van der Waals surface area contributed by atoms with Crippen LogP contribution >= 0.6 is 0 Å². The van der Waals surface area contributed by atoms with E-state index in [0.29, 0.717) is 5.92 Å². The Morgan fingerprint density at radius 2 is 2.00 bits per heavy atom. The molecule has 1 nitrogen and oxygen atoms in total. The van der Waals surface area contributed by atoms with Gasteiger partial charge in [0.15, 0.2) is 0 Å².